The molecule has 12 nitrogen and oxygen atoms in total. The molecule has 0 radical (unpaired) electrons. The van der Waals surface area contributed by atoms with Crippen LogP contribution in [0.4, 0.5) is 0 Å². The van der Waals surface area contributed by atoms with Crippen molar-refractivity contribution in [1.29, 1.82) is 0 Å². The van der Waals surface area contributed by atoms with E-state index < -0.39 is 6.10 Å². The lowest BCUT2D eigenvalue weighted by Crippen LogP contribution is -2.50. The number of rotatable bonds is 12. The number of carbonyl (C=O) groups excluding carboxylic acids is 1. The number of carbonyl (C=O) groups is 1. The molecule has 12 heteroatoms. The Hall–Kier alpha value is -3.93. The maximum absolute atomic E-state index is 13.0. The van der Waals surface area contributed by atoms with Crippen LogP contribution in [0, 0.1) is 0 Å². The van der Waals surface area contributed by atoms with Gasteiger partial charge in [0.25, 0.3) is 5.91 Å². The number of morpholine rings is 1. The van der Waals surface area contributed by atoms with E-state index in [0.717, 1.165) is 0 Å². The molecular weight excluding hydrogens is 434 g/mol. The second kappa shape index (κ2) is 12.2. The van der Waals surface area contributed by atoms with Gasteiger partial charge in [-0.15, -0.1) is 15.0 Å². The Bertz CT molecular complexity index is 934. The third kappa shape index (κ3) is 6.77. The Kier molecular flexibility index (Phi) is 8.77. The first-order valence-electron chi connectivity index (χ1n) is 10.1. The molecule has 33 heavy (non-hydrogen) atoms. The Morgan fingerprint density at radius 3 is 2.42 bits per heavy atom. The average molecular weight is 459 g/mol. The van der Waals surface area contributed by atoms with Crippen LogP contribution in [0.3, 0.4) is 0 Å². The Morgan fingerprint density at radius 2 is 1.85 bits per heavy atom. The van der Waals surface area contributed by atoms with Crippen LogP contribution in [0.1, 0.15) is 5.76 Å². The molecule has 176 valence electrons. The van der Waals surface area contributed by atoms with Crippen molar-refractivity contribution in [2.75, 3.05) is 46.6 Å². The summed E-state index contributed by atoms with van der Waals surface area (Å²) in [6.45, 7) is 8.61. The van der Waals surface area contributed by atoms with E-state index in [2.05, 4.69) is 33.3 Å². The number of nitrogens with zero attached hydrogens (tertiary/aromatic N) is 5. The molecule has 0 saturated carbocycles. The molecule has 0 N–H and O–H groups in total. The zero-order valence-electron chi connectivity index (χ0n) is 18.2. The number of hydrogen-bond donors (Lipinski definition) is 0. The molecule has 1 amide bonds. The molecule has 1 aliphatic rings. The average Bonchev–Trinajstić information content (AvgIpc) is 3.38. The largest absolute Gasteiger partial charge is 0.462 e. The van der Waals surface area contributed by atoms with Crippen molar-refractivity contribution in [3.8, 4) is 18.0 Å². The molecule has 3 rings (SSSR count). The summed E-state index contributed by atoms with van der Waals surface area (Å²) in [5.74, 6) is -0.0362. The lowest BCUT2D eigenvalue weighted by Gasteiger charge is -2.32. The molecule has 2 aromatic rings. The SMILES string of the molecule is C=CCOc1nc(OCC=C)nc(OCC2CN(C(=O)/C(=N/OC)c3ccco3)CCO2)n1. The molecule has 0 bridgehead atoms. The van der Waals surface area contributed by atoms with E-state index in [9.17, 15) is 4.79 Å². The van der Waals surface area contributed by atoms with Crippen LogP contribution in [0.5, 0.6) is 18.0 Å². The van der Waals surface area contributed by atoms with Gasteiger partial charge in [-0.3, -0.25) is 4.79 Å². The molecular formula is C21H25N5O7. The molecule has 1 atom stereocenters. The standard InChI is InChI=1S/C21H25N5O7/c1-4-9-31-19-22-20(32-10-5-2)24-21(23-19)33-14-15-13-26(8-12-29-15)18(27)17(25-28-3)16-7-6-11-30-16/h4-7,11,15H,1-2,8-10,12-14H2,3H3/b25-17+. The van der Waals surface area contributed by atoms with E-state index in [1.165, 1.54) is 13.4 Å². The van der Waals surface area contributed by atoms with E-state index in [0.29, 0.717) is 18.9 Å². The van der Waals surface area contributed by atoms with Crippen molar-refractivity contribution < 1.29 is 33.0 Å². The normalized spacial score (nSPS) is 16.1. The number of aromatic nitrogens is 3. The zero-order chi connectivity index (χ0) is 23.5. The van der Waals surface area contributed by atoms with Crippen LogP contribution < -0.4 is 14.2 Å². The Morgan fingerprint density at radius 1 is 1.18 bits per heavy atom. The van der Waals surface area contributed by atoms with Crippen molar-refractivity contribution in [2.45, 2.75) is 6.10 Å². The fourth-order valence-electron chi connectivity index (χ4n) is 2.80. The predicted molar refractivity (Wildman–Crippen MR) is 115 cm³/mol. The van der Waals surface area contributed by atoms with Crippen molar-refractivity contribution in [3.63, 3.8) is 0 Å². The van der Waals surface area contributed by atoms with E-state index in [1.807, 2.05) is 0 Å². The van der Waals surface area contributed by atoms with Crippen molar-refractivity contribution in [1.82, 2.24) is 19.9 Å². The van der Waals surface area contributed by atoms with Crippen LogP contribution >= 0.6 is 0 Å². The maximum atomic E-state index is 13.0. The summed E-state index contributed by atoms with van der Waals surface area (Å²) < 4.78 is 27.4. The number of ether oxygens (including phenoxy) is 4. The number of furan rings is 1. The van der Waals surface area contributed by atoms with Crippen LogP contribution in [0.25, 0.3) is 0 Å². The summed E-state index contributed by atoms with van der Waals surface area (Å²) in [4.78, 5) is 31.6. The van der Waals surface area contributed by atoms with Gasteiger partial charge in [0, 0.05) is 6.54 Å². The first-order chi connectivity index (χ1) is 16.1. The lowest BCUT2D eigenvalue weighted by atomic mass is 10.2. The molecule has 1 aliphatic heterocycles. The molecule has 3 heterocycles. The van der Waals surface area contributed by atoms with Gasteiger partial charge < -0.3 is 33.1 Å². The van der Waals surface area contributed by atoms with E-state index in [4.69, 9.17) is 28.2 Å². The molecule has 0 aliphatic carbocycles. The monoisotopic (exact) mass is 459 g/mol. The summed E-state index contributed by atoms with van der Waals surface area (Å²) in [6, 6.07) is 3.35. The van der Waals surface area contributed by atoms with Crippen LogP contribution in [-0.2, 0) is 14.4 Å². The fourth-order valence-corrected chi connectivity index (χ4v) is 2.80. The van der Waals surface area contributed by atoms with Gasteiger partial charge in [-0.25, -0.2) is 0 Å². The van der Waals surface area contributed by atoms with Crippen LogP contribution in [0.15, 0.2) is 53.3 Å². The highest BCUT2D eigenvalue weighted by atomic mass is 16.6. The zero-order valence-corrected chi connectivity index (χ0v) is 18.2. The highest BCUT2D eigenvalue weighted by Gasteiger charge is 2.30. The highest BCUT2D eigenvalue weighted by Crippen LogP contribution is 2.16. The van der Waals surface area contributed by atoms with Crippen LogP contribution in [-0.4, -0.2) is 84.2 Å². The predicted octanol–water partition coefficient (Wildman–Crippen LogP) is 1.25. The van der Waals surface area contributed by atoms with Gasteiger partial charge in [0.1, 0.15) is 33.0 Å². The van der Waals surface area contributed by atoms with Gasteiger partial charge in [-0.05, 0) is 12.1 Å². The van der Waals surface area contributed by atoms with Gasteiger partial charge in [0.2, 0.25) is 5.71 Å². The maximum Gasteiger partial charge on any atom is 0.326 e. The number of oxime groups is 1. The van der Waals surface area contributed by atoms with E-state index >= 15 is 0 Å². The molecule has 1 saturated heterocycles. The lowest BCUT2D eigenvalue weighted by molar-refractivity contribution is -0.132. The second-order valence-electron chi connectivity index (χ2n) is 6.54. The van der Waals surface area contributed by atoms with E-state index in [1.54, 1.807) is 29.2 Å². The summed E-state index contributed by atoms with van der Waals surface area (Å²) in [5.41, 5.74) is 0.0644. The van der Waals surface area contributed by atoms with Crippen molar-refractivity contribution >= 4 is 11.6 Å². The summed E-state index contributed by atoms with van der Waals surface area (Å²) in [6.07, 6.45) is 4.13. The first kappa shape index (κ1) is 23.7. The van der Waals surface area contributed by atoms with Crippen LogP contribution in [0.2, 0.25) is 0 Å². The van der Waals surface area contributed by atoms with Gasteiger partial charge >= 0.3 is 18.0 Å². The summed E-state index contributed by atoms with van der Waals surface area (Å²) in [5, 5.41) is 3.82. The minimum absolute atomic E-state index is 0.00704. The van der Waals surface area contributed by atoms with Gasteiger partial charge in [0.05, 0.1) is 19.4 Å². The van der Waals surface area contributed by atoms with E-state index in [-0.39, 0.29) is 56.0 Å². The molecule has 0 aromatic carbocycles. The first-order valence-corrected chi connectivity index (χ1v) is 10.1. The number of amides is 1. The summed E-state index contributed by atoms with van der Waals surface area (Å²) >= 11 is 0. The number of hydrogen-bond acceptors (Lipinski definition) is 11. The topological polar surface area (TPSA) is 131 Å². The smallest absolute Gasteiger partial charge is 0.326 e. The van der Waals surface area contributed by atoms with Gasteiger partial charge in [0.15, 0.2) is 5.76 Å². The fraction of sp³-hybridized carbons (Fsp3) is 0.381. The molecule has 1 unspecified atom stereocenters. The third-order valence-corrected chi connectivity index (χ3v) is 4.20. The van der Waals surface area contributed by atoms with Crippen molar-refractivity contribution in [2.24, 2.45) is 5.16 Å². The van der Waals surface area contributed by atoms with Crippen molar-refractivity contribution in [3.05, 3.63) is 49.5 Å². The minimum Gasteiger partial charge on any atom is -0.462 e. The molecule has 2 aromatic heterocycles. The van der Waals surface area contributed by atoms with Gasteiger partial charge in [-0.1, -0.05) is 30.5 Å². The Labute approximate surface area is 190 Å². The highest BCUT2D eigenvalue weighted by molar-refractivity contribution is 6.44. The molecule has 0 spiro atoms. The Balaban J connectivity index is 1.64. The third-order valence-electron chi connectivity index (χ3n) is 4.20. The minimum atomic E-state index is -0.435. The quantitative estimate of drug-likeness (QED) is 0.260. The second-order valence-corrected chi connectivity index (χ2v) is 6.54. The molecule has 1 fully saturated rings. The van der Waals surface area contributed by atoms with Gasteiger partial charge in [-0.2, -0.15) is 0 Å². The summed E-state index contributed by atoms with van der Waals surface area (Å²) in [7, 11) is 1.36.